The lowest BCUT2D eigenvalue weighted by atomic mass is 9.96. The van der Waals surface area contributed by atoms with Crippen LogP contribution in [0.5, 0.6) is 0 Å². The molecule has 0 saturated heterocycles. The number of pyridine rings is 2. The summed E-state index contributed by atoms with van der Waals surface area (Å²) in [6, 6.07) is 10.9. The topological polar surface area (TPSA) is 108 Å². The van der Waals surface area contributed by atoms with Gasteiger partial charge in [-0.3, -0.25) is 0 Å². The van der Waals surface area contributed by atoms with E-state index in [0.717, 1.165) is 16.0 Å². The first-order chi connectivity index (χ1) is 16.7. The van der Waals surface area contributed by atoms with Crippen LogP contribution in [0.15, 0.2) is 54.9 Å². The second-order valence-electron chi connectivity index (χ2n) is 8.38. The summed E-state index contributed by atoms with van der Waals surface area (Å²) >= 11 is 1.30. The van der Waals surface area contributed by atoms with Crippen molar-refractivity contribution in [3.8, 4) is 10.6 Å². The van der Waals surface area contributed by atoms with Crippen LogP contribution in [0.25, 0.3) is 10.6 Å². The number of carboxylic acid groups (broad SMARTS) is 1. The predicted octanol–water partition coefficient (Wildman–Crippen LogP) is 5.47. The number of aryl methyl sites for hydroxylation is 2. The number of carbonyl (C=O) groups is 1. The van der Waals surface area contributed by atoms with Gasteiger partial charge in [0.15, 0.2) is 0 Å². The van der Waals surface area contributed by atoms with E-state index in [1.165, 1.54) is 35.7 Å². The minimum atomic E-state index is -2.60. The number of nitrogens with one attached hydrogen (secondary N) is 1. The second-order valence-corrected chi connectivity index (χ2v) is 9.41. The highest BCUT2D eigenvalue weighted by molar-refractivity contribution is 7.15. The van der Waals surface area contributed by atoms with Gasteiger partial charge >= 0.3 is 5.97 Å². The third-order valence-corrected chi connectivity index (χ3v) is 7.10. The van der Waals surface area contributed by atoms with Crippen LogP contribution < -0.4 is 5.32 Å². The summed E-state index contributed by atoms with van der Waals surface area (Å²) in [5, 5.41) is 24.2. The smallest absolute Gasteiger partial charge is 0.335 e. The maximum absolute atomic E-state index is 13.0. The van der Waals surface area contributed by atoms with Gasteiger partial charge in [-0.1, -0.05) is 6.07 Å². The Morgan fingerprint density at radius 1 is 1.14 bits per heavy atom. The number of anilines is 2. The molecule has 3 N–H and O–H groups in total. The van der Waals surface area contributed by atoms with Gasteiger partial charge in [0.25, 0.3) is 6.43 Å². The Morgan fingerprint density at radius 3 is 2.74 bits per heavy atom. The fourth-order valence-electron chi connectivity index (χ4n) is 4.23. The average molecular weight is 495 g/mol. The van der Waals surface area contributed by atoms with Crippen molar-refractivity contribution in [2.45, 2.75) is 31.8 Å². The number of aromatic nitrogens is 3. The Hall–Kier alpha value is -3.76. The highest BCUT2D eigenvalue weighted by atomic mass is 32.1. The van der Waals surface area contributed by atoms with Crippen LogP contribution in [0.3, 0.4) is 0 Å². The number of hydrogen-bond acceptors (Lipinski definition) is 7. The van der Waals surface area contributed by atoms with E-state index in [1.54, 1.807) is 24.4 Å². The molecule has 0 saturated carbocycles. The predicted molar refractivity (Wildman–Crippen MR) is 127 cm³/mol. The SMILES string of the molecule is Cc1cc(Nc2cc(C(F)F)ccn2)nc(-c2cnc([C@@]3(O)CCc4cc(C(=O)O)ccc43)s2)c1. The number of aliphatic hydroxyl groups is 1. The normalized spacial score (nSPS) is 16.9. The molecule has 10 heteroatoms. The van der Waals surface area contributed by atoms with Crippen LogP contribution in [0.1, 0.15) is 50.5 Å². The second kappa shape index (κ2) is 8.79. The number of halogens is 2. The monoisotopic (exact) mass is 494 g/mol. The molecule has 178 valence electrons. The molecule has 0 radical (unpaired) electrons. The van der Waals surface area contributed by atoms with E-state index in [9.17, 15) is 23.8 Å². The van der Waals surface area contributed by atoms with E-state index in [-0.39, 0.29) is 16.9 Å². The van der Waals surface area contributed by atoms with Crippen molar-refractivity contribution >= 4 is 28.9 Å². The van der Waals surface area contributed by atoms with Crippen molar-refractivity contribution in [3.63, 3.8) is 0 Å². The number of alkyl halides is 2. The molecule has 0 unspecified atom stereocenters. The number of carboxylic acids is 1. The first kappa shape index (κ1) is 23.0. The lowest BCUT2D eigenvalue weighted by Gasteiger charge is -2.21. The first-order valence-corrected chi connectivity index (χ1v) is 11.6. The van der Waals surface area contributed by atoms with Crippen molar-refractivity contribution in [3.05, 3.63) is 87.7 Å². The molecule has 0 amide bonds. The summed E-state index contributed by atoms with van der Waals surface area (Å²) in [6.07, 6.45) is 1.30. The molecule has 3 aromatic heterocycles. The largest absolute Gasteiger partial charge is 0.478 e. The molecule has 7 nitrogen and oxygen atoms in total. The number of fused-ring (bicyclic) bond motifs is 1. The minimum absolute atomic E-state index is 0.136. The Bertz CT molecular complexity index is 1440. The van der Waals surface area contributed by atoms with E-state index in [4.69, 9.17) is 0 Å². The summed E-state index contributed by atoms with van der Waals surface area (Å²) in [4.78, 5) is 25.2. The van der Waals surface area contributed by atoms with Gasteiger partial charge < -0.3 is 15.5 Å². The molecule has 4 aromatic rings. The molecule has 0 spiro atoms. The Kier molecular flexibility index (Phi) is 5.78. The van der Waals surface area contributed by atoms with Crippen molar-refractivity contribution in [2.24, 2.45) is 0 Å². The molecular formula is C25H20F2N4O3S. The number of aromatic carboxylic acids is 1. The quantitative estimate of drug-likeness (QED) is 0.326. The van der Waals surface area contributed by atoms with Crippen molar-refractivity contribution < 1.29 is 23.8 Å². The molecule has 5 rings (SSSR count). The summed E-state index contributed by atoms with van der Waals surface area (Å²) in [5.41, 5.74) is 1.71. The molecule has 0 bridgehead atoms. The first-order valence-electron chi connectivity index (χ1n) is 10.8. The minimum Gasteiger partial charge on any atom is -0.478 e. The van der Waals surface area contributed by atoms with Crippen LogP contribution in [0, 0.1) is 6.92 Å². The third kappa shape index (κ3) is 4.38. The summed E-state index contributed by atoms with van der Waals surface area (Å²) in [5.74, 6) is -0.305. The van der Waals surface area contributed by atoms with Gasteiger partial charge in [0.1, 0.15) is 22.2 Å². The van der Waals surface area contributed by atoms with Crippen molar-refractivity contribution in [2.75, 3.05) is 5.32 Å². The Balaban J connectivity index is 1.44. The molecule has 1 aromatic carbocycles. The summed E-state index contributed by atoms with van der Waals surface area (Å²) in [7, 11) is 0. The summed E-state index contributed by atoms with van der Waals surface area (Å²) < 4.78 is 26.0. The van der Waals surface area contributed by atoms with Gasteiger partial charge in [0.05, 0.1) is 16.1 Å². The van der Waals surface area contributed by atoms with Crippen LogP contribution in [0.4, 0.5) is 20.4 Å². The lowest BCUT2D eigenvalue weighted by molar-refractivity contribution is 0.0695. The molecule has 35 heavy (non-hydrogen) atoms. The van der Waals surface area contributed by atoms with E-state index in [1.807, 2.05) is 13.0 Å². The van der Waals surface area contributed by atoms with E-state index in [2.05, 4.69) is 20.3 Å². The maximum atomic E-state index is 13.0. The fourth-order valence-corrected chi connectivity index (χ4v) is 5.24. The number of thiazole rings is 1. The van der Waals surface area contributed by atoms with Gasteiger partial charge in [-0.15, -0.1) is 11.3 Å². The number of rotatable bonds is 6. The van der Waals surface area contributed by atoms with Gasteiger partial charge in [0.2, 0.25) is 0 Å². The summed E-state index contributed by atoms with van der Waals surface area (Å²) in [6.45, 7) is 1.89. The zero-order chi connectivity index (χ0) is 24.7. The van der Waals surface area contributed by atoms with Gasteiger partial charge in [-0.25, -0.2) is 28.5 Å². The number of benzene rings is 1. The van der Waals surface area contributed by atoms with Gasteiger partial charge in [0, 0.05) is 18.0 Å². The average Bonchev–Trinajstić information content (AvgIpc) is 3.45. The highest BCUT2D eigenvalue weighted by Gasteiger charge is 2.41. The van der Waals surface area contributed by atoms with Crippen LogP contribution in [-0.2, 0) is 12.0 Å². The molecular weight excluding hydrogens is 474 g/mol. The van der Waals surface area contributed by atoms with Crippen molar-refractivity contribution in [1.29, 1.82) is 0 Å². The maximum Gasteiger partial charge on any atom is 0.335 e. The molecule has 1 aliphatic rings. The Morgan fingerprint density at radius 2 is 1.97 bits per heavy atom. The lowest BCUT2D eigenvalue weighted by Crippen LogP contribution is -2.23. The molecule has 0 fully saturated rings. The van der Waals surface area contributed by atoms with Crippen LogP contribution >= 0.6 is 11.3 Å². The number of nitrogens with zero attached hydrogens (tertiary/aromatic N) is 3. The van der Waals surface area contributed by atoms with Crippen molar-refractivity contribution in [1.82, 2.24) is 15.0 Å². The van der Waals surface area contributed by atoms with Gasteiger partial charge in [-0.2, -0.15) is 0 Å². The zero-order valence-corrected chi connectivity index (χ0v) is 19.3. The van der Waals surface area contributed by atoms with Crippen LogP contribution in [0.2, 0.25) is 0 Å². The highest BCUT2D eigenvalue weighted by Crippen LogP contribution is 2.45. The standard InChI is InChI=1S/C25H20F2N4O3S/c1-13-8-18(30-21(9-13)31-20-11-15(22(26)27)5-7-28-20)19-12-29-24(35-19)25(34)6-4-14-10-16(23(32)33)2-3-17(14)25/h2-3,5,7-12,22,34H,4,6H2,1H3,(H,32,33)(H,28,30,31)/t25-/m1/s1. The molecule has 1 aliphatic carbocycles. The Labute approximate surface area is 203 Å². The van der Waals surface area contributed by atoms with Gasteiger partial charge in [-0.05, 0) is 72.9 Å². The van der Waals surface area contributed by atoms with E-state index >= 15 is 0 Å². The fraction of sp³-hybridized carbons (Fsp3) is 0.200. The van der Waals surface area contributed by atoms with E-state index in [0.29, 0.717) is 34.9 Å². The molecule has 3 heterocycles. The number of hydrogen-bond donors (Lipinski definition) is 3. The zero-order valence-electron chi connectivity index (χ0n) is 18.5. The van der Waals surface area contributed by atoms with E-state index < -0.39 is 18.0 Å². The molecule has 0 aliphatic heterocycles. The molecule has 1 atom stereocenters. The third-order valence-electron chi connectivity index (χ3n) is 5.93. The van der Waals surface area contributed by atoms with Crippen LogP contribution in [-0.4, -0.2) is 31.1 Å².